The molecular weight excluding hydrogens is 202 g/mol. The summed E-state index contributed by atoms with van der Waals surface area (Å²) in [5.74, 6) is 0.0271. The monoisotopic (exact) mass is 219 g/mol. The average molecular weight is 219 g/mol. The maximum Gasteiger partial charge on any atom is 0.308 e. The fraction of sp³-hybridized carbons (Fsp3) is 0.462. The number of fused-ring (bicyclic) bond motifs is 1. The van der Waals surface area contributed by atoms with Crippen molar-refractivity contribution in [2.45, 2.75) is 25.7 Å². The lowest BCUT2D eigenvalue weighted by Gasteiger charge is -2.18. The Kier molecular flexibility index (Phi) is 2.86. The van der Waals surface area contributed by atoms with Gasteiger partial charge in [0.15, 0.2) is 0 Å². The molecule has 0 aliphatic heterocycles. The molecule has 1 aromatic carbocycles. The van der Waals surface area contributed by atoms with Crippen molar-refractivity contribution in [1.82, 2.24) is 0 Å². The maximum absolute atomic E-state index is 11.5. The van der Waals surface area contributed by atoms with Crippen molar-refractivity contribution in [3.05, 3.63) is 29.3 Å². The van der Waals surface area contributed by atoms with Crippen LogP contribution in [-0.4, -0.2) is 13.1 Å². The number of nitrogen functional groups attached to an aromatic ring is 1. The topological polar surface area (TPSA) is 52.3 Å². The fourth-order valence-electron chi connectivity index (χ4n) is 2.52. The van der Waals surface area contributed by atoms with Crippen LogP contribution < -0.4 is 5.73 Å². The Balaban J connectivity index is 2.29. The van der Waals surface area contributed by atoms with E-state index in [9.17, 15) is 4.79 Å². The zero-order valence-electron chi connectivity index (χ0n) is 9.69. The normalized spacial score (nSPS) is 20.2. The van der Waals surface area contributed by atoms with Crippen LogP contribution in [0.3, 0.4) is 0 Å². The summed E-state index contributed by atoms with van der Waals surface area (Å²) in [4.78, 5) is 11.5. The molecule has 1 aliphatic rings. The van der Waals surface area contributed by atoms with Crippen molar-refractivity contribution >= 4 is 11.7 Å². The van der Waals surface area contributed by atoms with Crippen molar-refractivity contribution in [2.24, 2.45) is 5.92 Å². The number of methoxy groups -OCH3 is 1. The van der Waals surface area contributed by atoms with Crippen molar-refractivity contribution in [1.29, 1.82) is 0 Å². The third-order valence-electron chi connectivity index (χ3n) is 3.47. The summed E-state index contributed by atoms with van der Waals surface area (Å²) in [7, 11) is 1.44. The molecule has 0 saturated carbocycles. The molecule has 0 amide bonds. The second-order valence-corrected chi connectivity index (χ2v) is 4.42. The molecule has 0 aromatic heterocycles. The number of hydrogen-bond acceptors (Lipinski definition) is 3. The van der Waals surface area contributed by atoms with Gasteiger partial charge in [-0.25, -0.2) is 0 Å². The van der Waals surface area contributed by atoms with Crippen molar-refractivity contribution in [3.8, 4) is 0 Å². The number of aryl methyl sites for hydroxylation is 1. The second-order valence-electron chi connectivity index (χ2n) is 4.42. The van der Waals surface area contributed by atoms with Gasteiger partial charge in [0.25, 0.3) is 0 Å². The van der Waals surface area contributed by atoms with E-state index < -0.39 is 0 Å². The first-order chi connectivity index (χ1) is 7.63. The Morgan fingerprint density at radius 1 is 1.56 bits per heavy atom. The lowest BCUT2D eigenvalue weighted by atomic mass is 9.88. The first-order valence-corrected chi connectivity index (χ1v) is 5.59. The predicted octanol–water partition coefficient (Wildman–Crippen LogP) is 2.11. The summed E-state index contributed by atoms with van der Waals surface area (Å²) in [6.45, 7) is 1.93. The van der Waals surface area contributed by atoms with Crippen molar-refractivity contribution in [3.63, 3.8) is 0 Å². The van der Waals surface area contributed by atoms with Crippen LogP contribution in [0.4, 0.5) is 5.69 Å². The van der Waals surface area contributed by atoms with E-state index in [0.717, 1.165) is 18.5 Å². The molecule has 3 nitrogen and oxygen atoms in total. The van der Waals surface area contributed by atoms with Gasteiger partial charge in [-0.2, -0.15) is 0 Å². The average Bonchev–Trinajstić information content (AvgIpc) is 2.69. The van der Waals surface area contributed by atoms with Crippen molar-refractivity contribution in [2.75, 3.05) is 12.8 Å². The van der Waals surface area contributed by atoms with Crippen LogP contribution >= 0.6 is 0 Å². The van der Waals surface area contributed by atoms with Gasteiger partial charge in [0.05, 0.1) is 13.0 Å². The minimum absolute atomic E-state index is 0.0898. The van der Waals surface area contributed by atoms with Gasteiger partial charge in [-0.15, -0.1) is 0 Å². The summed E-state index contributed by atoms with van der Waals surface area (Å²) in [6, 6.07) is 5.98. The Labute approximate surface area is 95.6 Å². The van der Waals surface area contributed by atoms with Gasteiger partial charge < -0.3 is 10.5 Å². The van der Waals surface area contributed by atoms with Crippen LogP contribution in [0.25, 0.3) is 0 Å². The van der Waals surface area contributed by atoms with Gasteiger partial charge in [0.1, 0.15) is 0 Å². The van der Waals surface area contributed by atoms with Crippen LogP contribution in [0.5, 0.6) is 0 Å². The summed E-state index contributed by atoms with van der Waals surface area (Å²) >= 11 is 0. The fourth-order valence-corrected chi connectivity index (χ4v) is 2.52. The zero-order valence-corrected chi connectivity index (χ0v) is 9.69. The van der Waals surface area contributed by atoms with E-state index in [1.807, 2.05) is 19.1 Å². The highest BCUT2D eigenvalue weighted by Gasteiger charge is 2.31. The molecule has 3 heteroatoms. The van der Waals surface area contributed by atoms with E-state index in [1.54, 1.807) is 0 Å². The van der Waals surface area contributed by atoms with E-state index in [1.165, 1.54) is 18.2 Å². The quantitative estimate of drug-likeness (QED) is 0.612. The molecule has 2 atom stereocenters. The molecule has 2 unspecified atom stereocenters. The van der Waals surface area contributed by atoms with Gasteiger partial charge in [0.2, 0.25) is 0 Å². The Bertz CT molecular complexity index is 414. The number of ether oxygens (including phenoxy) is 1. The number of hydrogen-bond donors (Lipinski definition) is 1. The van der Waals surface area contributed by atoms with Crippen LogP contribution in [-0.2, 0) is 16.0 Å². The zero-order chi connectivity index (χ0) is 11.7. The number of anilines is 1. The first-order valence-electron chi connectivity index (χ1n) is 5.59. The van der Waals surface area contributed by atoms with E-state index in [0.29, 0.717) is 0 Å². The molecule has 0 bridgehead atoms. The number of carbonyl (C=O) groups excluding carboxylic acids is 1. The maximum atomic E-state index is 11.5. The molecule has 2 N–H and O–H groups in total. The molecule has 16 heavy (non-hydrogen) atoms. The lowest BCUT2D eigenvalue weighted by molar-refractivity contribution is -0.145. The highest BCUT2D eigenvalue weighted by molar-refractivity contribution is 5.73. The molecule has 0 spiro atoms. The third kappa shape index (κ3) is 1.77. The molecule has 0 radical (unpaired) electrons. The highest BCUT2D eigenvalue weighted by Crippen LogP contribution is 2.39. The number of benzene rings is 1. The molecule has 86 valence electrons. The summed E-state index contributed by atoms with van der Waals surface area (Å²) in [5.41, 5.74) is 9.09. The van der Waals surface area contributed by atoms with Crippen molar-refractivity contribution < 1.29 is 9.53 Å². The van der Waals surface area contributed by atoms with Gasteiger partial charge in [-0.1, -0.05) is 13.0 Å². The highest BCUT2D eigenvalue weighted by atomic mass is 16.5. The number of rotatable bonds is 2. The van der Waals surface area contributed by atoms with Gasteiger partial charge in [-0.3, -0.25) is 4.79 Å². The number of esters is 1. The molecule has 1 aliphatic carbocycles. The Morgan fingerprint density at radius 3 is 3.00 bits per heavy atom. The second kappa shape index (κ2) is 4.16. The molecule has 2 rings (SSSR count). The Morgan fingerprint density at radius 2 is 2.31 bits per heavy atom. The SMILES string of the molecule is COC(=O)C(C)C1CCc2ccc(N)cc21. The summed E-state index contributed by atoms with van der Waals surface area (Å²) < 4.78 is 4.80. The predicted molar refractivity (Wildman–Crippen MR) is 63.1 cm³/mol. The minimum atomic E-state index is -0.139. The third-order valence-corrected chi connectivity index (χ3v) is 3.47. The van der Waals surface area contributed by atoms with Gasteiger partial charge in [-0.05, 0) is 42.0 Å². The van der Waals surface area contributed by atoms with Crippen LogP contribution in [0.15, 0.2) is 18.2 Å². The molecule has 0 fully saturated rings. The van der Waals surface area contributed by atoms with E-state index in [4.69, 9.17) is 10.5 Å². The van der Waals surface area contributed by atoms with Gasteiger partial charge in [0, 0.05) is 5.69 Å². The van der Waals surface area contributed by atoms with Crippen LogP contribution in [0.1, 0.15) is 30.4 Å². The minimum Gasteiger partial charge on any atom is -0.469 e. The molecule has 1 aromatic rings. The standard InChI is InChI=1S/C13H17NO2/c1-8(13(15)16-2)11-6-4-9-3-5-10(14)7-12(9)11/h3,5,7-8,11H,4,6,14H2,1-2H3. The van der Waals surface area contributed by atoms with Crippen LogP contribution in [0, 0.1) is 5.92 Å². The summed E-state index contributed by atoms with van der Waals surface area (Å²) in [6.07, 6.45) is 2.04. The van der Waals surface area contributed by atoms with Gasteiger partial charge >= 0.3 is 5.97 Å². The van der Waals surface area contributed by atoms with E-state index >= 15 is 0 Å². The van der Waals surface area contributed by atoms with E-state index in [-0.39, 0.29) is 17.8 Å². The largest absolute Gasteiger partial charge is 0.469 e. The summed E-state index contributed by atoms with van der Waals surface area (Å²) in [5, 5.41) is 0. The Hall–Kier alpha value is -1.51. The van der Waals surface area contributed by atoms with Crippen LogP contribution in [0.2, 0.25) is 0 Å². The first kappa shape index (κ1) is 11.0. The molecular formula is C13H17NO2. The number of nitrogens with two attached hydrogens (primary N) is 1. The molecule has 0 saturated heterocycles. The van der Waals surface area contributed by atoms with E-state index in [2.05, 4.69) is 6.07 Å². The molecule has 0 heterocycles. The lowest BCUT2D eigenvalue weighted by Crippen LogP contribution is -2.19. The number of carbonyl (C=O) groups is 1. The smallest absolute Gasteiger partial charge is 0.308 e.